The number of rotatable bonds is 10. The maximum atomic E-state index is 13.2. The molecule has 0 radical (unpaired) electrons. The van der Waals surface area contributed by atoms with Crippen LogP contribution in [0.3, 0.4) is 0 Å². The molecule has 3 aromatic carbocycles. The van der Waals surface area contributed by atoms with Gasteiger partial charge in [0.1, 0.15) is 23.6 Å². The van der Waals surface area contributed by atoms with E-state index < -0.39 is 6.04 Å². The van der Waals surface area contributed by atoms with E-state index in [1.54, 1.807) is 13.1 Å². The van der Waals surface area contributed by atoms with Crippen LogP contribution in [0, 0.1) is 0 Å². The molecule has 0 heterocycles. The maximum absolute atomic E-state index is 13.2. The molecule has 1 fully saturated rings. The van der Waals surface area contributed by atoms with Crippen molar-refractivity contribution in [1.82, 2.24) is 10.2 Å². The number of carbonyl (C=O) groups is 2. The van der Waals surface area contributed by atoms with Gasteiger partial charge in [-0.2, -0.15) is 0 Å². The number of carbonyl (C=O) groups excluding carboxylic acids is 2. The van der Waals surface area contributed by atoms with Gasteiger partial charge in [-0.3, -0.25) is 10.1 Å². The molecule has 7 heteroatoms. The SMILES string of the molecule is CC(C)c1cc(C(=O)N(C)Cc2cccc(CN[C@H](C(=O)OC3CCCC3)c3ccccc3)c2)c(O)cc1O. The number of ether oxygens (including phenoxy) is 1. The van der Waals surface area contributed by atoms with Crippen LogP contribution in [0.4, 0.5) is 0 Å². The summed E-state index contributed by atoms with van der Waals surface area (Å²) < 4.78 is 5.82. The zero-order valence-electron chi connectivity index (χ0n) is 22.9. The second-order valence-electron chi connectivity index (χ2n) is 10.6. The normalized spacial score (nSPS) is 14.4. The Morgan fingerprint density at radius 1 is 0.949 bits per heavy atom. The Morgan fingerprint density at radius 3 is 2.33 bits per heavy atom. The van der Waals surface area contributed by atoms with E-state index in [9.17, 15) is 19.8 Å². The van der Waals surface area contributed by atoms with Gasteiger partial charge >= 0.3 is 5.97 Å². The minimum absolute atomic E-state index is 0.00166. The maximum Gasteiger partial charge on any atom is 0.328 e. The van der Waals surface area contributed by atoms with Crippen molar-refractivity contribution in [3.8, 4) is 11.5 Å². The smallest absolute Gasteiger partial charge is 0.328 e. The first-order chi connectivity index (χ1) is 18.7. The average molecular weight is 531 g/mol. The second-order valence-corrected chi connectivity index (χ2v) is 10.6. The summed E-state index contributed by atoms with van der Waals surface area (Å²) in [4.78, 5) is 27.8. The summed E-state index contributed by atoms with van der Waals surface area (Å²) >= 11 is 0. The summed E-state index contributed by atoms with van der Waals surface area (Å²) in [7, 11) is 1.68. The van der Waals surface area contributed by atoms with Gasteiger partial charge < -0.3 is 19.8 Å². The first kappa shape index (κ1) is 28.2. The number of phenols is 2. The second kappa shape index (κ2) is 12.8. The monoisotopic (exact) mass is 530 g/mol. The minimum Gasteiger partial charge on any atom is -0.508 e. The minimum atomic E-state index is -0.577. The van der Waals surface area contributed by atoms with Crippen LogP contribution in [0.25, 0.3) is 0 Å². The topological polar surface area (TPSA) is 99.1 Å². The molecule has 0 bridgehead atoms. The van der Waals surface area contributed by atoms with Gasteiger partial charge in [-0.25, -0.2) is 4.79 Å². The first-order valence-corrected chi connectivity index (χ1v) is 13.6. The van der Waals surface area contributed by atoms with E-state index in [1.165, 1.54) is 11.0 Å². The Bertz CT molecular complexity index is 1280. The third-order valence-corrected chi connectivity index (χ3v) is 7.22. The highest BCUT2D eigenvalue weighted by Crippen LogP contribution is 2.33. The van der Waals surface area contributed by atoms with Crippen molar-refractivity contribution in [3.05, 3.63) is 94.5 Å². The van der Waals surface area contributed by atoms with Crippen molar-refractivity contribution in [3.63, 3.8) is 0 Å². The van der Waals surface area contributed by atoms with Crippen LogP contribution in [-0.2, 0) is 22.6 Å². The van der Waals surface area contributed by atoms with E-state index >= 15 is 0 Å². The molecule has 3 N–H and O–H groups in total. The predicted octanol–water partition coefficient (Wildman–Crippen LogP) is 5.81. The number of benzene rings is 3. The third kappa shape index (κ3) is 7.18. The van der Waals surface area contributed by atoms with Gasteiger partial charge in [0.25, 0.3) is 5.91 Å². The van der Waals surface area contributed by atoms with E-state index in [-0.39, 0.29) is 41.0 Å². The van der Waals surface area contributed by atoms with E-state index in [4.69, 9.17) is 4.74 Å². The standard InChI is InChI=1S/C32H38N2O5/c1-21(2)26-17-27(29(36)18-28(26)35)31(37)34(3)20-23-11-9-10-22(16-23)19-33-30(24-12-5-4-6-13-24)32(38)39-25-14-7-8-15-25/h4-6,9-13,16-18,21,25,30,33,35-36H,7-8,14-15,19-20H2,1-3H3/t30-/m0/s1. The lowest BCUT2D eigenvalue weighted by Gasteiger charge is -2.21. The molecule has 0 saturated heterocycles. The van der Waals surface area contributed by atoms with Crippen LogP contribution in [-0.4, -0.2) is 40.1 Å². The summed E-state index contributed by atoms with van der Waals surface area (Å²) in [6, 6.07) is 19.6. The van der Waals surface area contributed by atoms with Crippen molar-refractivity contribution in [1.29, 1.82) is 0 Å². The lowest BCUT2D eigenvalue weighted by atomic mass is 9.98. The number of aromatic hydroxyl groups is 2. The Labute approximate surface area is 230 Å². The van der Waals surface area contributed by atoms with Gasteiger partial charge in [-0.1, -0.05) is 68.4 Å². The quantitative estimate of drug-likeness (QED) is 0.286. The molecule has 1 saturated carbocycles. The molecule has 206 valence electrons. The summed E-state index contributed by atoms with van der Waals surface area (Å²) in [6.07, 6.45) is 4.02. The molecule has 1 amide bonds. The van der Waals surface area contributed by atoms with E-state index in [1.807, 2.05) is 68.4 Å². The summed E-state index contributed by atoms with van der Waals surface area (Å²) in [5.41, 5.74) is 3.51. The van der Waals surface area contributed by atoms with Crippen LogP contribution < -0.4 is 5.32 Å². The lowest BCUT2D eigenvalue weighted by molar-refractivity contribution is -0.151. The van der Waals surface area contributed by atoms with E-state index in [2.05, 4.69) is 5.32 Å². The number of amides is 1. The number of phenolic OH excluding ortho intramolecular Hbond substituents is 2. The molecule has 39 heavy (non-hydrogen) atoms. The molecular formula is C32H38N2O5. The van der Waals surface area contributed by atoms with E-state index in [0.717, 1.165) is 42.4 Å². The van der Waals surface area contributed by atoms with Gasteiger partial charge in [-0.05, 0) is 59.9 Å². The van der Waals surface area contributed by atoms with Gasteiger partial charge in [0.2, 0.25) is 0 Å². The summed E-state index contributed by atoms with van der Waals surface area (Å²) in [6.45, 7) is 4.61. The van der Waals surface area contributed by atoms with Crippen LogP contribution >= 0.6 is 0 Å². The van der Waals surface area contributed by atoms with Crippen molar-refractivity contribution in [2.75, 3.05) is 7.05 Å². The highest BCUT2D eigenvalue weighted by Gasteiger charge is 2.27. The number of nitrogens with zero attached hydrogens (tertiary/aromatic N) is 1. The summed E-state index contributed by atoms with van der Waals surface area (Å²) in [5, 5.41) is 23.8. The average Bonchev–Trinajstić information content (AvgIpc) is 3.42. The van der Waals surface area contributed by atoms with E-state index in [0.29, 0.717) is 18.7 Å². The van der Waals surface area contributed by atoms with Gasteiger partial charge in [0.15, 0.2) is 0 Å². The fraction of sp³-hybridized carbons (Fsp3) is 0.375. The fourth-order valence-electron chi connectivity index (χ4n) is 5.06. The molecule has 3 aromatic rings. The Hall–Kier alpha value is -3.84. The van der Waals surface area contributed by atoms with Crippen LogP contribution in [0.5, 0.6) is 11.5 Å². The summed E-state index contributed by atoms with van der Waals surface area (Å²) in [5.74, 6) is -0.867. The number of nitrogens with one attached hydrogen (secondary N) is 1. The predicted molar refractivity (Wildman–Crippen MR) is 150 cm³/mol. The zero-order valence-corrected chi connectivity index (χ0v) is 22.9. The van der Waals surface area contributed by atoms with Crippen LogP contribution in [0.1, 0.15) is 84.1 Å². The number of esters is 1. The highest BCUT2D eigenvalue weighted by atomic mass is 16.5. The number of hydrogen-bond donors (Lipinski definition) is 3. The van der Waals surface area contributed by atoms with Crippen LogP contribution in [0.15, 0.2) is 66.7 Å². The highest BCUT2D eigenvalue weighted by molar-refractivity contribution is 5.97. The largest absolute Gasteiger partial charge is 0.508 e. The van der Waals surface area contributed by atoms with Crippen molar-refractivity contribution in [2.45, 2.75) is 70.7 Å². The van der Waals surface area contributed by atoms with Crippen molar-refractivity contribution in [2.24, 2.45) is 0 Å². The van der Waals surface area contributed by atoms with Crippen molar-refractivity contribution < 1.29 is 24.5 Å². The number of hydrogen-bond acceptors (Lipinski definition) is 6. The Balaban J connectivity index is 1.44. The first-order valence-electron chi connectivity index (χ1n) is 13.6. The van der Waals surface area contributed by atoms with Crippen molar-refractivity contribution >= 4 is 11.9 Å². The molecule has 1 atom stereocenters. The zero-order chi connectivity index (χ0) is 27.9. The molecule has 0 aromatic heterocycles. The molecule has 0 unspecified atom stereocenters. The Kier molecular flexibility index (Phi) is 9.25. The molecule has 0 aliphatic heterocycles. The molecule has 1 aliphatic rings. The third-order valence-electron chi connectivity index (χ3n) is 7.22. The fourth-order valence-corrected chi connectivity index (χ4v) is 5.06. The molecular weight excluding hydrogens is 492 g/mol. The molecule has 7 nitrogen and oxygen atoms in total. The van der Waals surface area contributed by atoms with Gasteiger partial charge in [0, 0.05) is 26.2 Å². The molecule has 1 aliphatic carbocycles. The lowest BCUT2D eigenvalue weighted by Crippen LogP contribution is -2.32. The Morgan fingerprint density at radius 2 is 1.64 bits per heavy atom. The van der Waals surface area contributed by atoms with Gasteiger partial charge in [-0.15, -0.1) is 0 Å². The molecule has 0 spiro atoms. The van der Waals surface area contributed by atoms with Gasteiger partial charge in [0.05, 0.1) is 5.56 Å². The van der Waals surface area contributed by atoms with Crippen LogP contribution in [0.2, 0.25) is 0 Å². The molecule has 4 rings (SSSR count).